The Hall–Kier alpha value is -3.35. The second-order valence-electron chi connectivity index (χ2n) is 9.01. The number of hydrogen-bond donors (Lipinski definition) is 1. The summed E-state index contributed by atoms with van der Waals surface area (Å²) < 4.78 is 5.90. The third-order valence-electron chi connectivity index (χ3n) is 5.85. The van der Waals surface area contributed by atoms with Gasteiger partial charge in [-0.05, 0) is 35.2 Å². The standard InChI is InChI=1S/C24H27N3O4/c1-15(28)26-8-10-27(11-9-26)23(30)19-14-31-21-18(19)12-16(13-20(21)24(2,3)4)17-6-5-7-25-22(17)29/h5-7,12-14H,8-11H2,1-4H3,(H,25,29). The number of nitrogens with one attached hydrogen (secondary N) is 1. The second kappa shape index (κ2) is 7.72. The SMILES string of the molecule is CC(=O)N1CCN(C(=O)c2coc3c(C(C)(C)C)cc(-c4ccc[nH]c4=O)cc23)CC1. The van der Waals surface area contributed by atoms with Crippen molar-refractivity contribution in [2.75, 3.05) is 26.2 Å². The predicted molar refractivity (Wildman–Crippen MR) is 119 cm³/mol. The number of hydrogen-bond acceptors (Lipinski definition) is 4. The Kier molecular flexibility index (Phi) is 5.21. The van der Waals surface area contributed by atoms with Crippen molar-refractivity contribution in [3.05, 3.63) is 58.2 Å². The molecule has 1 fully saturated rings. The first-order valence-electron chi connectivity index (χ1n) is 10.5. The van der Waals surface area contributed by atoms with Crippen LogP contribution in [0.25, 0.3) is 22.1 Å². The van der Waals surface area contributed by atoms with Gasteiger partial charge in [0.2, 0.25) is 5.91 Å². The number of H-pyrrole nitrogens is 1. The quantitative estimate of drug-likeness (QED) is 0.687. The summed E-state index contributed by atoms with van der Waals surface area (Å²) in [7, 11) is 0. The van der Waals surface area contributed by atoms with Gasteiger partial charge in [0.25, 0.3) is 11.5 Å². The van der Waals surface area contributed by atoms with Gasteiger partial charge in [0.05, 0.1) is 5.56 Å². The number of fused-ring (bicyclic) bond motifs is 1. The molecule has 3 aromatic rings. The van der Waals surface area contributed by atoms with Gasteiger partial charge in [0.1, 0.15) is 11.8 Å². The van der Waals surface area contributed by atoms with E-state index in [-0.39, 0.29) is 22.8 Å². The number of carbonyl (C=O) groups is 2. The lowest BCUT2D eigenvalue weighted by molar-refractivity contribution is -0.130. The van der Waals surface area contributed by atoms with Crippen molar-refractivity contribution in [1.29, 1.82) is 0 Å². The van der Waals surface area contributed by atoms with E-state index in [9.17, 15) is 14.4 Å². The Morgan fingerprint density at radius 3 is 2.35 bits per heavy atom. The fourth-order valence-electron chi connectivity index (χ4n) is 4.06. The first-order valence-corrected chi connectivity index (χ1v) is 10.5. The molecule has 1 aliphatic heterocycles. The van der Waals surface area contributed by atoms with Crippen LogP contribution in [0.2, 0.25) is 0 Å². The van der Waals surface area contributed by atoms with Crippen molar-refractivity contribution in [2.24, 2.45) is 0 Å². The molecular formula is C24H27N3O4. The van der Waals surface area contributed by atoms with Crippen LogP contribution in [-0.4, -0.2) is 52.8 Å². The summed E-state index contributed by atoms with van der Waals surface area (Å²) >= 11 is 0. The van der Waals surface area contributed by atoms with Crippen LogP contribution in [0, 0.1) is 0 Å². The van der Waals surface area contributed by atoms with E-state index in [2.05, 4.69) is 25.8 Å². The van der Waals surface area contributed by atoms with Crippen molar-refractivity contribution < 1.29 is 14.0 Å². The van der Waals surface area contributed by atoms with E-state index in [1.807, 2.05) is 12.1 Å². The summed E-state index contributed by atoms with van der Waals surface area (Å²) in [5, 5.41) is 0.699. The van der Waals surface area contributed by atoms with Gasteiger partial charge in [0, 0.05) is 55.8 Å². The van der Waals surface area contributed by atoms with E-state index in [1.165, 1.54) is 6.26 Å². The number of nitrogens with zero attached hydrogens (tertiary/aromatic N) is 2. The van der Waals surface area contributed by atoms with Crippen LogP contribution in [-0.2, 0) is 10.2 Å². The topological polar surface area (TPSA) is 86.6 Å². The molecule has 1 aliphatic rings. The highest BCUT2D eigenvalue weighted by molar-refractivity contribution is 6.07. The van der Waals surface area contributed by atoms with Crippen molar-refractivity contribution in [3.63, 3.8) is 0 Å². The first-order chi connectivity index (χ1) is 14.7. The van der Waals surface area contributed by atoms with Crippen molar-refractivity contribution in [1.82, 2.24) is 14.8 Å². The molecule has 31 heavy (non-hydrogen) atoms. The Morgan fingerprint density at radius 2 is 1.74 bits per heavy atom. The third kappa shape index (κ3) is 3.87. The molecule has 0 atom stereocenters. The minimum absolute atomic E-state index is 0.0217. The van der Waals surface area contributed by atoms with E-state index >= 15 is 0 Å². The molecular weight excluding hydrogens is 394 g/mol. The van der Waals surface area contributed by atoms with Gasteiger partial charge >= 0.3 is 0 Å². The number of carbonyl (C=O) groups excluding carboxylic acids is 2. The lowest BCUT2D eigenvalue weighted by atomic mass is 9.84. The maximum Gasteiger partial charge on any atom is 0.257 e. The first kappa shape index (κ1) is 20.9. The van der Waals surface area contributed by atoms with Crippen molar-refractivity contribution in [3.8, 4) is 11.1 Å². The normalized spacial score (nSPS) is 14.8. The molecule has 1 saturated heterocycles. The number of amides is 2. The maximum atomic E-state index is 13.3. The molecule has 0 aliphatic carbocycles. The number of pyridine rings is 1. The van der Waals surface area contributed by atoms with Crippen LogP contribution in [0.4, 0.5) is 0 Å². The molecule has 0 unspecified atom stereocenters. The fraction of sp³-hybridized carbons (Fsp3) is 0.375. The number of rotatable bonds is 2. The zero-order valence-corrected chi connectivity index (χ0v) is 18.3. The molecule has 7 heteroatoms. The third-order valence-corrected chi connectivity index (χ3v) is 5.85. The molecule has 7 nitrogen and oxygen atoms in total. The van der Waals surface area contributed by atoms with Gasteiger partial charge in [-0.1, -0.05) is 20.8 Å². The van der Waals surface area contributed by atoms with Crippen LogP contribution in [0.5, 0.6) is 0 Å². The fourth-order valence-corrected chi connectivity index (χ4v) is 4.06. The Bertz CT molecular complexity index is 1210. The summed E-state index contributed by atoms with van der Waals surface area (Å²) in [4.78, 5) is 43.5. The van der Waals surface area contributed by atoms with E-state index < -0.39 is 0 Å². The number of aromatic amines is 1. The second-order valence-corrected chi connectivity index (χ2v) is 9.01. The molecule has 2 aromatic heterocycles. The van der Waals surface area contributed by atoms with Gasteiger partial charge in [-0.3, -0.25) is 14.4 Å². The number of aromatic nitrogens is 1. The van der Waals surface area contributed by atoms with E-state index in [1.54, 1.807) is 35.1 Å². The van der Waals surface area contributed by atoms with Gasteiger partial charge in [-0.25, -0.2) is 0 Å². The number of benzene rings is 1. The van der Waals surface area contributed by atoms with Gasteiger partial charge in [-0.2, -0.15) is 0 Å². The zero-order chi connectivity index (χ0) is 22.3. The predicted octanol–water partition coefficient (Wildman–Crippen LogP) is 3.39. The Balaban J connectivity index is 1.80. The van der Waals surface area contributed by atoms with Crippen molar-refractivity contribution >= 4 is 22.8 Å². The molecule has 2 amide bonds. The van der Waals surface area contributed by atoms with Gasteiger partial charge < -0.3 is 19.2 Å². The van der Waals surface area contributed by atoms with E-state index in [0.29, 0.717) is 48.3 Å². The van der Waals surface area contributed by atoms with E-state index in [4.69, 9.17) is 4.42 Å². The molecule has 0 spiro atoms. The summed E-state index contributed by atoms with van der Waals surface area (Å²) in [6, 6.07) is 7.39. The molecule has 4 rings (SSSR count). The lowest BCUT2D eigenvalue weighted by Crippen LogP contribution is -2.50. The molecule has 0 saturated carbocycles. The summed E-state index contributed by atoms with van der Waals surface area (Å²) in [5.41, 5.74) is 2.93. The minimum atomic E-state index is -0.249. The zero-order valence-electron chi connectivity index (χ0n) is 18.3. The molecule has 162 valence electrons. The molecule has 0 radical (unpaired) electrons. The summed E-state index contributed by atoms with van der Waals surface area (Å²) in [6.07, 6.45) is 3.11. The highest BCUT2D eigenvalue weighted by Gasteiger charge is 2.28. The Labute approximate surface area is 180 Å². The van der Waals surface area contributed by atoms with Crippen molar-refractivity contribution in [2.45, 2.75) is 33.1 Å². The van der Waals surface area contributed by atoms with Gasteiger partial charge in [-0.15, -0.1) is 0 Å². The average Bonchev–Trinajstić information content (AvgIpc) is 3.16. The van der Waals surface area contributed by atoms with Crippen LogP contribution in [0.3, 0.4) is 0 Å². The monoisotopic (exact) mass is 421 g/mol. The average molecular weight is 421 g/mol. The van der Waals surface area contributed by atoms with Gasteiger partial charge in [0.15, 0.2) is 0 Å². The highest BCUT2D eigenvalue weighted by atomic mass is 16.3. The highest BCUT2D eigenvalue weighted by Crippen LogP contribution is 2.36. The van der Waals surface area contributed by atoms with E-state index in [0.717, 1.165) is 11.1 Å². The molecule has 1 N–H and O–H groups in total. The summed E-state index contributed by atoms with van der Waals surface area (Å²) in [5.74, 6) is -0.102. The molecule has 3 heterocycles. The van der Waals surface area contributed by atoms with Crippen LogP contribution in [0.1, 0.15) is 43.6 Å². The number of furan rings is 1. The molecule has 0 bridgehead atoms. The lowest BCUT2D eigenvalue weighted by Gasteiger charge is -2.34. The number of piperazine rings is 1. The maximum absolute atomic E-state index is 13.3. The smallest absolute Gasteiger partial charge is 0.257 e. The minimum Gasteiger partial charge on any atom is -0.463 e. The Morgan fingerprint density at radius 1 is 1.06 bits per heavy atom. The van der Waals surface area contributed by atoms with Crippen LogP contribution < -0.4 is 5.56 Å². The van der Waals surface area contributed by atoms with Crippen LogP contribution in [0.15, 0.2) is 45.9 Å². The largest absolute Gasteiger partial charge is 0.463 e. The molecule has 1 aromatic carbocycles. The van der Waals surface area contributed by atoms with Crippen LogP contribution >= 0.6 is 0 Å². The summed E-state index contributed by atoms with van der Waals surface area (Å²) in [6.45, 7) is 9.78.